The van der Waals surface area contributed by atoms with E-state index in [1.165, 1.54) is 5.01 Å². The van der Waals surface area contributed by atoms with Gasteiger partial charge in [-0.15, -0.1) is 41.9 Å². The normalized spacial score (nSPS) is 11.0. The molecule has 126 valence electrons. The summed E-state index contributed by atoms with van der Waals surface area (Å²) in [5, 5.41) is 6.67. The van der Waals surface area contributed by atoms with Crippen LogP contribution in [-0.4, -0.2) is 42.5 Å². The average Bonchev–Trinajstić information content (AvgIpc) is 2.88. The first-order valence-corrected chi connectivity index (χ1v) is 8.56. The van der Waals surface area contributed by atoms with Crippen molar-refractivity contribution in [2.24, 2.45) is 4.99 Å². The van der Waals surface area contributed by atoms with Gasteiger partial charge in [-0.3, -0.25) is 4.99 Å². The van der Waals surface area contributed by atoms with Crippen molar-refractivity contribution in [3.05, 3.63) is 28.7 Å². The Morgan fingerprint density at radius 2 is 2.27 bits per heavy atom. The van der Waals surface area contributed by atoms with E-state index < -0.39 is 0 Å². The highest BCUT2D eigenvalue weighted by Crippen LogP contribution is 2.10. The van der Waals surface area contributed by atoms with Crippen molar-refractivity contribution in [3.8, 4) is 0 Å². The minimum atomic E-state index is 0. The summed E-state index contributed by atoms with van der Waals surface area (Å²) in [4.78, 5) is 11.4. The minimum Gasteiger partial charge on any atom is -0.357 e. The number of halogens is 1. The number of hydrogen-bond acceptors (Lipinski definition) is 3. The standard InChI is InChI=1S/C16H28N4S.HI/c1-5-7-8-12-20(4)16(17-6-2)18-11-9-10-15-19-14(3)13-21-15;/h5,13H,1,6-12H2,2-4H3,(H,17,18);1H. The molecule has 1 rings (SSSR count). The van der Waals surface area contributed by atoms with Crippen LogP contribution >= 0.6 is 35.3 Å². The molecule has 0 unspecified atom stereocenters. The van der Waals surface area contributed by atoms with E-state index in [1.807, 2.05) is 13.0 Å². The van der Waals surface area contributed by atoms with Crippen LogP contribution in [0.4, 0.5) is 0 Å². The first kappa shape index (κ1) is 21.4. The summed E-state index contributed by atoms with van der Waals surface area (Å²) in [5.74, 6) is 0.997. The van der Waals surface area contributed by atoms with Crippen LogP contribution in [-0.2, 0) is 6.42 Å². The van der Waals surface area contributed by atoms with Crippen molar-refractivity contribution in [2.45, 2.75) is 39.5 Å². The molecule has 0 fully saturated rings. The highest BCUT2D eigenvalue weighted by molar-refractivity contribution is 14.0. The second-order valence-corrected chi connectivity index (χ2v) is 6.02. The Balaban J connectivity index is 0.00000441. The molecule has 0 aliphatic heterocycles. The van der Waals surface area contributed by atoms with Crippen molar-refractivity contribution in [3.63, 3.8) is 0 Å². The highest BCUT2D eigenvalue weighted by atomic mass is 127. The largest absolute Gasteiger partial charge is 0.357 e. The number of allylic oxidation sites excluding steroid dienone is 1. The molecule has 0 spiro atoms. The second kappa shape index (κ2) is 12.9. The molecule has 0 atom stereocenters. The highest BCUT2D eigenvalue weighted by Gasteiger charge is 2.04. The third-order valence-corrected chi connectivity index (χ3v) is 4.10. The van der Waals surface area contributed by atoms with E-state index in [2.05, 4.69) is 41.1 Å². The maximum absolute atomic E-state index is 4.70. The zero-order chi connectivity index (χ0) is 15.5. The fraction of sp³-hybridized carbons (Fsp3) is 0.625. The molecule has 4 nitrogen and oxygen atoms in total. The molecule has 6 heteroatoms. The van der Waals surface area contributed by atoms with Gasteiger partial charge in [0.2, 0.25) is 0 Å². The van der Waals surface area contributed by atoms with E-state index >= 15 is 0 Å². The lowest BCUT2D eigenvalue weighted by atomic mass is 10.3. The first-order valence-electron chi connectivity index (χ1n) is 7.68. The number of aliphatic imine (C=N–C) groups is 1. The number of aryl methyl sites for hydroxylation is 2. The molecule has 0 aromatic carbocycles. The number of rotatable bonds is 9. The number of hydrogen-bond donors (Lipinski definition) is 1. The van der Waals surface area contributed by atoms with Crippen LogP contribution in [0.2, 0.25) is 0 Å². The van der Waals surface area contributed by atoms with E-state index in [0.717, 1.165) is 57.0 Å². The van der Waals surface area contributed by atoms with Crippen molar-refractivity contribution >= 4 is 41.3 Å². The summed E-state index contributed by atoms with van der Waals surface area (Å²) in [6.07, 6.45) is 6.19. The molecule has 1 N–H and O–H groups in total. The van der Waals surface area contributed by atoms with E-state index in [0.29, 0.717) is 0 Å². The Hall–Kier alpha value is -0.630. The summed E-state index contributed by atoms with van der Waals surface area (Å²) in [5.41, 5.74) is 1.12. The van der Waals surface area contributed by atoms with Gasteiger partial charge in [0.25, 0.3) is 0 Å². The first-order chi connectivity index (χ1) is 10.2. The SMILES string of the molecule is C=CCCCN(C)C(=NCCCc1nc(C)cs1)NCC.I. The molecule has 1 aromatic heterocycles. The Bertz CT molecular complexity index is 445. The average molecular weight is 436 g/mol. The molecule has 0 amide bonds. The van der Waals surface area contributed by atoms with Crippen LogP contribution in [0.1, 0.15) is 36.9 Å². The third kappa shape index (κ3) is 8.73. The van der Waals surface area contributed by atoms with Gasteiger partial charge < -0.3 is 10.2 Å². The van der Waals surface area contributed by atoms with Gasteiger partial charge >= 0.3 is 0 Å². The van der Waals surface area contributed by atoms with Gasteiger partial charge in [-0.25, -0.2) is 4.98 Å². The summed E-state index contributed by atoms with van der Waals surface area (Å²) in [6.45, 7) is 10.6. The Morgan fingerprint density at radius 1 is 1.50 bits per heavy atom. The Labute approximate surface area is 156 Å². The minimum absolute atomic E-state index is 0. The van der Waals surface area contributed by atoms with Gasteiger partial charge in [-0.05, 0) is 33.1 Å². The summed E-state index contributed by atoms with van der Waals surface area (Å²) in [6, 6.07) is 0. The zero-order valence-corrected chi connectivity index (χ0v) is 17.1. The molecule has 22 heavy (non-hydrogen) atoms. The van der Waals surface area contributed by atoms with Crippen LogP contribution in [0.5, 0.6) is 0 Å². The summed E-state index contributed by atoms with van der Waals surface area (Å²) >= 11 is 1.74. The lowest BCUT2D eigenvalue weighted by Crippen LogP contribution is -2.39. The zero-order valence-electron chi connectivity index (χ0n) is 14.0. The van der Waals surface area contributed by atoms with Crippen LogP contribution in [0.3, 0.4) is 0 Å². The number of thiazole rings is 1. The monoisotopic (exact) mass is 436 g/mol. The number of unbranched alkanes of at least 4 members (excludes halogenated alkanes) is 1. The molecule has 0 bridgehead atoms. The predicted octanol–water partition coefficient (Wildman–Crippen LogP) is 3.87. The Kier molecular flexibility index (Phi) is 12.5. The lowest BCUT2D eigenvalue weighted by Gasteiger charge is -2.21. The second-order valence-electron chi connectivity index (χ2n) is 5.07. The maximum Gasteiger partial charge on any atom is 0.193 e. The fourth-order valence-electron chi connectivity index (χ4n) is 1.98. The number of nitrogens with zero attached hydrogens (tertiary/aromatic N) is 3. The molecule has 0 saturated carbocycles. The predicted molar refractivity (Wildman–Crippen MR) is 109 cm³/mol. The quantitative estimate of drug-likeness (QED) is 0.210. The van der Waals surface area contributed by atoms with Crippen LogP contribution in [0, 0.1) is 6.92 Å². The Morgan fingerprint density at radius 3 is 2.86 bits per heavy atom. The van der Waals surface area contributed by atoms with Gasteiger partial charge in [0.15, 0.2) is 5.96 Å². The number of aromatic nitrogens is 1. The van der Waals surface area contributed by atoms with Crippen molar-refractivity contribution < 1.29 is 0 Å². The summed E-state index contributed by atoms with van der Waals surface area (Å²) < 4.78 is 0. The van der Waals surface area contributed by atoms with E-state index in [-0.39, 0.29) is 24.0 Å². The van der Waals surface area contributed by atoms with Gasteiger partial charge in [0.1, 0.15) is 0 Å². The van der Waals surface area contributed by atoms with E-state index in [9.17, 15) is 0 Å². The van der Waals surface area contributed by atoms with E-state index in [4.69, 9.17) is 4.99 Å². The smallest absolute Gasteiger partial charge is 0.193 e. The van der Waals surface area contributed by atoms with Gasteiger partial charge in [0.05, 0.1) is 5.01 Å². The van der Waals surface area contributed by atoms with Gasteiger partial charge in [-0.1, -0.05) is 6.08 Å². The fourth-order valence-corrected chi connectivity index (χ4v) is 2.80. The molecule has 1 heterocycles. The molecule has 0 saturated heterocycles. The maximum atomic E-state index is 4.70. The molecular formula is C16H29IN4S. The van der Waals surface area contributed by atoms with Crippen LogP contribution < -0.4 is 5.32 Å². The van der Waals surface area contributed by atoms with Gasteiger partial charge in [0, 0.05) is 44.2 Å². The number of nitrogens with one attached hydrogen (secondary N) is 1. The van der Waals surface area contributed by atoms with Crippen molar-refractivity contribution in [1.29, 1.82) is 0 Å². The lowest BCUT2D eigenvalue weighted by molar-refractivity contribution is 0.470. The topological polar surface area (TPSA) is 40.5 Å². The molecule has 0 radical (unpaired) electrons. The molecular weight excluding hydrogens is 407 g/mol. The molecule has 0 aliphatic rings. The summed E-state index contributed by atoms with van der Waals surface area (Å²) in [7, 11) is 2.09. The van der Waals surface area contributed by atoms with Crippen LogP contribution in [0.15, 0.2) is 23.0 Å². The van der Waals surface area contributed by atoms with Crippen molar-refractivity contribution in [1.82, 2.24) is 15.2 Å². The molecule has 1 aromatic rings. The van der Waals surface area contributed by atoms with E-state index in [1.54, 1.807) is 11.3 Å². The number of guanidine groups is 1. The van der Waals surface area contributed by atoms with Crippen molar-refractivity contribution in [2.75, 3.05) is 26.7 Å². The third-order valence-electron chi connectivity index (χ3n) is 3.08. The van der Waals surface area contributed by atoms with Gasteiger partial charge in [-0.2, -0.15) is 0 Å². The molecule has 0 aliphatic carbocycles. The van der Waals surface area contributed by atoms with Crippen LogP contribution in [0.25, 0.3) is 0 Å².